The van der Waals surface area contributed by atoms with Gasteiger partial charge in [-0.25, -0.2) is 0 Å². The van der Waals surface area contributed by atoms with Gasteiger partial charge in [-0.05, 0) is 32.2 Å². The Morgan fingerprint density at radius 2 is 2.31 bits per heavy atom. The molecule has 3 nitrogen and oxygen atoms in total. The maximum absolute atomic E-state index is 4.43. The van der Waals surface area contributed by atoms with E-state index in [-0.39, 0.29) is 0 Å². The first-order chi connectivity index (χ1) is 7.90. The Labute approximate surface area is 97.7 Å². The van der Waals surface area contributed by atoms with Crippen LogP contribution in [0.5, 0.6) is 0 Å². The van der Waals surface area contributed by atoms with Crippen molar-refractivity contribution in [2.24, 2.45) is 0 Å². The third-order valence-electron chi connectivity index (χ3n) is 3.36. The molecule has 0 spiro atoms. The molecule has 0 bridgehead atoms. The first-order valence-electron chi connectivity index (χ1n) is 6.39. The molecule has 1 N–H and O–H groups in total. The predicted octanol–water partition coefficient (Wildman–Crippen LogP) is 2.50. The van der Waals surface area contributed by atoms with Gasteiger partial charge in [0.05, 0.1) is 5.69 Å². The molecule has 1 heterocycles. The lowest BCUT2D eigenvalue weighted by Crippen LogP contribution is -2.34. The summed E-state index contributed by atoms with van der Waals surface area (Å²) in [4.78, 5) is 8.59. The van der Waals surface area contributed by atoms with Crippen LogP contribution < -0.4 is 5.32 Å². The Hall–Kier alpha value is -0.960. The van der Waals surface area contributed by atoms with Crippen LogP contribution in [0.15, 0.2) is 18.6 Å². The number of aromatic nitrogens is 2. The molecule has 16 heavy (non-hydrogen) atoms. The second kappa shape index (κ2) is 5.94. The summed E-state index contributed by atoms with van der Waals surface area (Å²) in [5, 5.41) is 3.62. The fourth-order valence-electron chi connectivity index (χ4n) is 2.51. The van der Waals surface area contributed by atoms with Crippen molar-refractivity contribution in [2.75, 3.05) is 6.54 Å². The smallest absolute Gasteiger partial charge is 0.0618 e. The second-order valence-corrected chi connectivity index (χ2v) is 4.64. The molecule has 0 saturated heterocycles. The van der Waals surface area contributed by atoms with Crippen molar-refractivity contribution < 1.29 is 0 Å². The maximum atomic E-state index is 4.43. The minimum atomic E-state index is 0.608. The van der Waals surface area contributed by atoms with Crippen LogP contribution in [0.1, 0.15) is 50.6 Å². The first kappa shape index (κ1) is 11.5. The molecule has 2 atom stereocenters. The molecule has 1 aliphatic rings. The summed E-state index contributed by atoms with van der Waals surface area (Å²) < 4.78 is 0. The summed E-state index contributed by atoms with van der Waals surface area (Å²) in [7, 11) is 0. The van der Waals surface area contributed by atoms with Gasteiger partial charge in [-0.1, -0.05) is 13.3 Å². The van der Waals surface area contributed by atoms with E-state index >= 15 is 0 Å². The van der Waals surface area contributed by atoms with E-state index in [0.29, 0.717) is 12.0 Å². The van der Waals surface area contributed by atoms with Crippen molar-refractivity contribution in [3.8, 4) is 0 Å². The molecule has 1 aliphatic carbocycles. The van der Waals surface area contributed by atoms with Gasteiger partial charge in [-0.15, -0.1) is 0 Å². The van der Waals surface area contributed by atoms with E-state index in [1.807, 2.05) is 6.20 Å². The zero-order valence-electron chi connectivity index (χ0n) is 10.0. The van der Waals surface area contributed by atoms with Crippen LogP contribution in [-0.2, 0) is 0 Å². The van der Waals surface area contributed by atoms with Crippen LogP contribution in [-0.4, -0.2) is 22.6 Å². The Morgan fingerprint density at radius 1 is 1.38 bits per heavy atom. The molecule has 0 amide bonds. The molecule has 1 saturated carbocycles. The van der Waals surface area contributed by atoms with Crippen LogP contribution in [0.2, 0.25) is 0 Å². The lowest BCUT2D eigenvalue weighted by molar-refractivity contribution is 0.336. The highest BCUT2D eigenvalue weighted by atomic mass is 14.9. The lowest BCUT2D eigenvalue weighted by Gasteiger charge is -2.29. The summed E-state index contributed by atoms with van der Waals surface area (Å²) in [5.41, 5.74) is 1.17. The molecule has 1 aromatic rings. The topological polar surface area (TPSA) is 37.8 Å². The standard InChI is InChI=1S/C13H21N3/c1-2-6-15-12-5-3-4-11(9-12)13-10-14-7-8-16-13/h7-8,10-12,15H,2-6,9H2,1H3. The minimum absolute atomic E-state index is 0.608. The van der Waals surface area contributed by atoms with Gasteiger partial charge in [0, 0.05) is 30.6 Å². The Kier molecular flexibility index (Phi) is 4.28. The summed E-state index contributed by atoms with van der Waals surface area (Å²) in [6.45, 7) is 3.35. The molecule has 2 rings (SSSR count). The molecule has 1 fully saturated rings. The van der Waals surface area contributed by atoms with Gasteiger partial charge in [-0.2, -0.15) is 0 Å². The second-order valence-electron chi connectivity index (χ2n) is 4.64. The molecule has 2 unspecified atom stereocenters. The highest BCUT2D eigenvalue weighted by Gasteiger charge is 2.23. The van der Waals surface area contributed by atoms with Gasteiger partial charge < -0.3 is 5.32 Å². The molecule has 88 valence electrons. The average molecular weight is 219 g/mol. The van der Waals surface area contributed by atoms with E-state index in [2.05, 4.69) is 22.2 Å². The van der Waals surface area contributed by atoms with Gasteiger partial charge in [0.25, 0.3) is 0 Å². The molecule has 3 heteroatoms. The SMILES string of the molecule is CCCNC1CCCC(c2cnccn2)C1. The molecular formula is C13H21N3. The summed E-state index contributed by atoms with van der Waals surface area (Å²) in [5.74, 6) is 0.608. The highest BCUT2D eigenvalue weighted by Crippen LogP contribution is 2.31. The fourth-order valence-corrected chi connectivity index (χ4v) is 2.51. The molecular weight excluding hydrogens is 198 g/mol. The van der Waals surface area contributed by atoms with Gasteiger partial charge in [0.2, 0.25) is 0 Å². The molecule has 0 radical (unpaired) electrons. The third-order valence-corrected chi connectivity index (χ3v) is 3.36. The number of nitrogens with one attached hydrogen (secondary N) is 1. The molecule has 0 aliphatic heterocycles. The Bertz CT molecular complexity index is 299. The zero-order chi connectivity index (χ0) is 11.2. The summed E-state index contributed by atoms with van der Waals surface area (Å²) in [6, 6.07) is 0.681. The van der Waals surface area contributed by atoms with Gasteiger partial charge in [-0.3, -0.25) is 9.97 Å². The van der Waals surface area contributed by atoms with Gasteiger partial charge >= 0.3 is 0 Å². The Balaban J connectivity index is 1.91. The van der Waals surface area contributed by atoms with Crippen molar-refractivity contribution in [2.45, 2.75) is 51.0 Å². The van der Waals surface area contributed by atoms with Gasteiger partial charge in [0.15, 0.2) is 0 Å². The number of hydrogen-bond donors (Lipinski definition) is 1. The van der Waals surface area contributed by atoms with Gasteiger partial charge in [0.1, 0.15) is 0 Å². The highest BCUT2D eigenvalue weighted by molar-refractivity contribution is 5.05. The normalized spacial score (nSPS) is 25.6. The lowest BCUT2D eigenvalue weighted by atomic mass is 9.84. The van der Waals surface area contributed by atoms with Crippen molar-refractivity contribution in [1.82, 2.24) is 15.3 Å². The van der Waals surface area contributed by atoms with Crippen LogP contribution in [0, 0.1) is 0 Å². The number of nitrogens with zero attached hydrogens (tertiary/aromatic N) is 2. The third kappa shape index (κ3) is 3.01. The van der Waals surface area contributed by atoms with E-state index in [4.69, 9.17) is 0 Å². The van der Waals surface area contributed by atoms with E-state index in [9.17, 15) is 0 Å². The molecule has 0 aromatic carbocycles. The van der Waals surface area contributed by atoms with E-state index in [1.165, 1.54) is 37.8 Å². The van der Waals surface area contributed by atoms with E-state index in [1.54, 1.807) is 12.4 Å². The van der Waals surface area contributed by atoms with Crippen LogP contribution in [0.25, 0.3) is 0 Å². The van der Waals surface area contributed by atoms with Crippen LogP contribution >= 0.6 is 0 Å². The van der Waals surface area contributed by atoms with Crippen molar-refractivity contribution in [1.29, 1.82) is 0 Å². The van der Waals surface area contributed by atoms with E-state index in [0.717, 1.165) is 6.54 Å². The fraction of sp³-hybridized carbons (Fsp3) is 0.692. The molecule has 1 aromatic heterocycles. The summed E-state index contributed by atoms with van der Waals surface area (Å²) >= 11 is 0. The quantitative estimate of drug-likeness (QED) is 0.845. The maximum Gasteiger partial charge on any atom is 0.0618 e. The minimum Gasteiger partial charge on any atom is -0.314 e. The monoisotopic (exact) mass is 219 g/mol. The van der Waals surface area contributed by atoms with E-state index < -0.39 is 0 Å². The Morgan fingerprint density at radius 3 is 3.06 bits per heavy atom. The summed E-state index contributed by atoms with van der Waals surface area (Å²) in [6.07, 6.45) is 11.8. The first-order valence-corrected chi connectivity index (χ1v) is 6.39. The van der Waals surface area contributed by atoms with Crippen LogP contribution in [0.4, 0.5) is 0 Å². The van der Waals surface area contributed by atoms with Crippen LogP contribution in [0.3, 0.4) is 0 Å². The predicted molar refractivity (Wildman–Crippen MR) is 65.3 cm³/mol. The average Bonchev–Trinajstić information content (AvgIpc) is 2.38. The largest absolute Gasteiger partial charge is 0.314 e. The van der Waals surface area contributed by atoms with Crippen molar-refractivity contribution in [3.63, 3.8) is 0 Å². The number of rotatable bonds is 4. The number of hydrogen-bond acceptors (Lipinski definition) is 3. The van der Waals surface area contributed by atoms with Crippen molar-refractivity contribution >= 4 is 0 Å². The van der Waals surface area contributed by atoms with Crippen molar-refractivity contribution in [3.05, 3.63) is 24.3 Å². The zero-order valence-corrected chi connectivity index (χ0v) is 10.0.